The maximum Gasteiger partial charge on any atom is 0.332 e. The minimum absolute atomic E-state index is 0.0357. The number of Topliss-reactive ketones (excluding diaryl/α,β-unsaturated/α-hetero) is 1. The van der Waals surface area contributed by atoms with E-state index in [1.165, 1.54) is 23.4 Å². The highest BCUT2D eigenvalue weighted by molar-refractivity contribution is 8.00. The molecule has 1 aliphatic carbocycles. The molecule has 150 valence electrons. The molecule has 7 nitrogen and oxygen atoms in total. The van der Waals surface area contributed by atoms with Crippen LogP contribution in [0.4, 0.5) is 0 Å². The van der Waals surface area contributed by atoms with Gasteiger partial charge >= 0.3 is 5.69 Å². The lowest BCUT2D eigenvalue weighted by Crippen LogP contribution is -2.38. The number of hydrogen-bond acceptors (Lipinski definition) is 6. The molecule has 0 saturated heterocycles. The molecule has 8 heteroatoms. The molecule has 0 bridgehead atoms. The zero-order valence-electron chi connectivity index (χ0n) is 16.4. The minimum Gasteiger partial charge on any atom is -0.293 e. The number of nitrogens with zero attached hydrogens (tertiary/aromatic N) is 4. The summed E-state index contributed by atoms with van der Waals surface area (Å²) in [6, 6.07) is 9.05. The fourth-order valence-corrected chi connectivity index (χ4v) is 4.67. The average molecular weight is 410 g/mol. The maximum atomic E-state index is 12.8. The topological polar surface area (TPSA) is 86.8 Å². The summed E-state index contributed by atoms with van der Waals surface area (Å²) in [6.45, 7) is 0. The Bertz CT molecular complexity index is 1190. The van der Waals surface area contributed by atoms with Gasteiger partial charge in [-0.05, 0) is 12.8 Å². The van der Waals surface area contributed by atoms with Gasteiger partial charge in [-0.25, -0.2) is 14.8 Å². The lowest BCUT2D eigenvalue weighted by molar-refractivity contribution is 0.102. The van der Waals surface area contributed by atoms with Crippen LogP contribution in [0, 0.1) is 0 Å². The van der Waals surface area contributed by atoms with E-state index in [2.05, 4.69) is 4.98 Å². The van der Waals surface area contributed by atoms with E-state index in [1.54, 1.807) is 19.2 Å². The minimum atomic E-state index is -0.435. The molecular formula is C21H22N4O3S. The largest absolute Gasteiger partial charge is 0.332 e. The first-order valence-corrected chi connectivity index (χ1v) is 10.6. The first-order valence-electron chi connectivity index (χ1n) is 9.66. The molecule has 1 aromatic carbocycles. The fraction of sp³-hybridized carbons (Fsp3) is 0.381. The Morgan fingerprint density at radius 1 is 1.07 bits per heavy atom. The van der Waals surface area contributed by atoms with Crippen molar-refractivity contribution >= 4 is 28.6 Å². The third-order valence-corrected chi connectivity index (χ3v) is 6.42. The van der Waals surface area contributed by atoms with Crippen LogP contribution in [0.2, 0.25) is 0 Å². The lowest BCUT2D eigenvalue weighted by atomic mass is 10.1. The Kier molecular flexibility index (Phi) is 5.36. The Morgan fingerprint density at radius 3 is 2.45 bits per heavy atom. The molecule has 0 unspecified atom stereocenters. The number of thioether (sulfide) groups is 1. The van der Waals surface area contributed by atoms with Gasteiger partial charge in [0.15, 0.2) is 11.4 Å². The molecule has 0 atom stereocenters. The van der Waals surface area contributed by atoms with E-state index in [9.17, 15) is 14.4 Å². The van der Waals surface area contributed by atoms with Gasteiger partial charge < -0.3 is 0 Å². The number of hydrogen-bond donors (Lipinski definition) is 0. The lowest BCUT2D eigenvalue weighted by Gasteiger charge is -2.14. The molecule has 0 N–H and O–H groups in total. The zero-order chi connectivity index (χ0) is 20.5. The predicted octanol–water partition coefficient (Wildman–Crippen LogP) is 2.66. The fourth-order valence-electron chi connectivity index (χ4n) is 3.76. The molecule has 2 heterocycles. The molecule has 29 heavy (non-hydrogen) atoms. The van der Waals surface area contributed by atoms with E-state index in [4.69, 9.17) is 4.98 Å². The van der Waals surface area contributed by atoms with Crippen molar-refractivity contribution in [2.24, 2.45) is 14.1 Å². The Labute approximate surface area is 171 Å². The van der Waals surface area contributed by atoms with Crippen LogP contribution >= 0.6 is 11.8 Å². The Morgan fingerprint density at radius 2 is 1.76 bits per heavy atom. The molecule has 0 radical (unpaired) electrons. The first kappa shape index (κ1) is 19.6. The standard InChI is InChI=1S/C21H22N4O3S/c1-24-18-16(20(27)25(2)21(24)28)19(23-17(22-18)14-10-6-7-11-14)29-12-15(26)13-8-4-3-5-9-13/h3-5,8-9,14H,6-7,10-12H2,1-2H3. The number of aryl methyl sites for hydroxylation is 1. The number of carbonyl (C=O) groups is 1. The molecule has 3 aromatic rings. The highest BCUT2D eigenvalue weighted by atomic mass is 32.2. The maximum absolute atomic E-state index is 12.8. The number of rotatable bonds is 5. The normalized spacial score (nSPS) is 14.6. The van der Waals surface area contributed by atoms with E-state index in [0.717, 1.165) is 30.3 Å². The molecule has 0 aliphatic heterocycles. The molecule has 1 saturated carbocycles. The van der Waals surface area contributed by atoms with Crippen molar-refractivity contribution in [1.29, 1.82) is 0 Å². The van der Waals surface area contributed by atoms with Crippen molar-refractivity contribution in [3.63, 3.8) is 0 Å². The predicted molar refractivity (Wildman–Crippen MR) is 113 cm³/mol. The molecule has 1 aliphatic rings. The van der Waals surface area contributed by atoms with Crippen molar-refractivity contribution in [1.82, 2.24) is 19.1 Å². The molecule has 0 spiro atoms. The van der Waals surface area contributed by atoms with Crippen LogP contribution in [0.25, 0.3) is 11.0 Å². The molecule has 4 rings (SSSR count). The van der Waals surface area contributed by atoms with E-state index in [0.29, 0.717) is 27.4 Å². The van der Waals surface area contributed by atoms with Crippen LogP contribution in [0.15, 0.2) is 44.9 Å². The first-order chi connectivity index (χ1) is 14.0. The number of benzene rings is 1. The summed E-state index contributed by atoms with van der Waals surface area (Å²) < 4.78 is 2.45. The number of fused-ring (bicyclic) bond motifs is 1. The van der Waals surface area contributed by atoms with Gasteiger partial charge in [-0.3, -0.25) is 18.7 Å². The third-order valence-electron chi connectivity index (χ3n) is 5.44. The van der Waals surface area contributed by atoms with E-state index in [-0.39, 0.29) is 17.5 Å². The smallest absolute Gasteiger partial charge is 0.293 e. The second-order valence-corrected chi connectivity index (χ2v) is 8.31. The highest BCUT2D eigenvalue weighted by Gasteiger charge is 2.24. The second kappa shape index (κ2) is 7.94. The van der Waals surface area contributed by atoms with Gasteiger partial charge in [0.25, 0.3) is 5.56 Å². The van der Waals surface area contributed by atoms with Crippen LogP contribution in [-0.2, 0) is 14.1 Å². The van der Waals surface area contributed by atoms with Gasteiger partial charge in [0.2, 0.25) is 0 Å². The van der Waals surface area contributed by atoms with E-state index < -0.39 is 11.2 Å². The molecule has 0 amide bonds. The van der Waals surface area contributed by atoms with Crippen LogP contribution in [0.5, 0.6) is 0 Å². The average Bonchev–Trinajstić information content (AvgIpc) is 3.29. The van der Waals surface area contributed by atoms with Crippen molar-refractivity contribution in [2.45, 2.75) is 36.6 Å². The summed E-state index contributed by atoms with van der Waals surface area (Å²) in [6.07, 6.45) is 4.24. The van der Waals surface area contributed by atoms with Crippen molar-refractivity contribution in [3.8, 4) is 0 Å². The second-order valence-electron chi connectivity index (χ2n) is 7.35. The van der Waals surface area contributed by atoms with E-state index in [1.807, 2.05) is 18.2 Å². The van der Waals surface area contributed by atoms with Crippen LogP contribution in [0.3, 0.4) is 0 Å². The molecule has 1 fully saturated rings. The summed E-state index contributed by atoms with van der Waals surface area (Å²) in [5.41, 5.74) is 0.102. The van der Waals surface area contributed by atoms with Gasteiger partial charge in [-0.2, -0.15) is 0 Å². The van der Waals surface area contributed by atoms with Gasteiger partial charge in [0.1, 0.15) is 16.2 Å². The summed E-state index contributed by atoms with van der Waals surface area (Å²) in [4.78, 5) is 47.1. The molecule has 2 aromatic heterocycles. The quantitative estimate of drug-likeness (QED) is 0.365. The zero-order valence-corrected chi connectivity index (χ0v) is 17.2. The Hall–Kier alpha value is -2.74. The monoisotopic (exact) mass is 410 g/mol. The van der Waals surface area contributed by atoms with Crippen LogP contribution in [0.1, 0.15) is 47.8 Å². The van der Waals surface area contributed by atoms with Gasteiger partial charge in [-0.1, -0.05) is 54.9 Å². The SMILES string of the molecule is Cn1c(=O)c2c(SCC(=O)c3ccccc3)nc(C3CCCC3)nc2n(C)c1=O. The summed E-state index contributed by atoms with van der Waals surface area (Å²) in [5, 5.41) is 0.764. The van der Waals surface area contributed by atoms with Crippen molar-refractivity contribution in [3.05, 3.63) is 62.6 Å². The summed E-state index contributed by atoms with van der Waals surface area (Å²) in [7, 11) is 3.05. The summed E-state index contributed by atoms with van der Waals surface area (Å²) >= 11 is 1.23. The number of aromatic nitrogens is 4. The molecular weight excluding hydrogens is 388 g/mol. The van der Waals surface area contributed by atoms with Gasteiger partial charge in [0, 0.05) is 25.6 Å². The third kappa shape index (κ3) is 3.64. The van der Waals surface area contributed by atoms with Crippen LogP contribution < -0.4 is 11.2 Å². The highest BCUT2D eigenvalue weighted by Crippen LogP contribution is 2.34. The van der Waals surface area contributed by atoms with Crippen LogP contribution in [-0.4, -0.2) is 30.6 Å². The van der Waals surface area contributed by atoms with Gasteiger partial charge in [-0.15, -0.1) is 0 Å². The van der Waals surface area contributed by atoms with Gasteiger partial charge in [0.05, 0.1) is 5.75 Å². The number of ketones is 1. The van der Waals surface area contributed by atoms with E-state index >= 15 is 0 Å². The Balaban J connectivity index is 1.81. The van der Waals surface area contributed by atoms with Crippen molar-refractivity contribution in [2.75, 3.05) is 5.75 Å². The summed E-state index contributed by atoms with van der Waals surface area (Å²) in [5.74, 6) is 1.01. The van der Waals surface area contributed by atoms with Crippen molar-refractivity contribution < 1.29 is 4.79 Å². The number of carbonyl (C=O) groups excluding carboxylic acids is 1.